The van der Waals surface area contributed by atoms with Gasteiger partial charge in [-0.2, -0.15) is 5.10 Å². The Morgan fingerprint density at radius 1 is 1.06 bits per heavy atom. The molecule has 0 N–H and O–H groups in total. The van der Waals surface area contributed by atoms with E-state index in [1.165, 1.54) is 0 Å². The average molecular weight is 238 g/mol. The molecule has 0 saturated heterocycles. The number of methoxy groups -OCH3 is 1. The van der Waals surface area contributed by atoms with Crippen LogP contribution in [0.5, 0.6) is 5.75 Å². The maximum Gasteiger partial charge on any atom is 0.147 e. The molecule has 0 atom stereocenters. The van der Waals surface area contributed by atoms with Crippen molar-refractivity contribution in [1.82, 2.24) is 9.78 Å². The summed E-state index contributed by atoms with van der Waals surface area (Å²) >= 11 is 0. The molecule has 3 nitrogen and oxygen atoms in total. The van der Waals surface area contributed by atoms with Crippen LogP contribution in [0.1, 0.15) is 5.56 Å². The van der Waals surface area contributed by atoms with E-state index in [-0.39, 0.29) is 0 Å². The Morgan fingerprint density at radius 2 is 1.89 bits per heavy atom. The molecule has 3 heteroatoms. The van der Waals surface area contributed by atoms with E-state index in [2.05, 4.69) is 11.2 Å². The first-order chi connectivity index (χ1) is 8.79. The highest BCUT2D eigenvalue weighted by Crippen LogP contribution is 2.27. The Balaban J connectivity index is 2.23. The van der Waals surface area contributed by atoms with E-state index >= 15 is 0 Å². The van der Waals surface area contributed by atoms with Crippen LogP contribution in [-0.4, -0.2) is 16.9 Å². The van der Waals surface area contributed by atoms with E-state index < -0.39 is 0 Å². The van der Waals surface area contributed by atoms with Gasteiger partial charge in [0.2, 0.25) is 0 Å². The number of hydrogen-bond donors (Lipinski definition) is 0. The first kappa shape index (κ1) is 10.8. The largest absolute Gasteiger partial charge is 0.494 e. The number of aromatic nitrogens is 2. The third kappa shape index (κ3) is 1.64. The predicted octanol–water partition coefficient (Wildman–Crippen LogP) is 3.34. The van der Waals surface area contributed by atoms with Crippen LogP contribution >= 0.6 is 0 Å². The zero-order valence-corrected chi connectivity index (χ0v) is 10.4. The van der Waals surface area contributed by atoms with Gasteiger partial charge >= 0.3 is 0 Å². The van der Waals surface area contributed by atoms with Gasteiger partial charge in [-0.1, -0.05) is 30.3 Å². The first-order valence-corrected chi connectivity index (χ1v) is 5.88. The Bertz CT molecular complexity index is 668. The number of para-hydroxylation sites is 1. The summed E-state index contributed by atoms with van der Waals surface area (Å²) in [6, 6.07) is 14.1. The minimum absolute atomic E-state index is 0.866. The molecule has 0 saturated carbocycles. The third-order valence-electron chi connectivity index (χ3n) is 3.06. The lowest BCUT2D eigenvalue weighted by atomic mass is 10.2. The van der Waals surface area contributed by atoms with Crippen LogP contribution in [0.25, 0.3) is 16.6 Å². The smallest absolute Gasteiger partial charge is 0.147 e. The van der Waals surface area contributed by atoms with E-state index in [9.17, 15) is 0 Å². The van der Waals surface area contributed by atoms with Crippen LogP contribution < -0.4 is 4.74 Å². The molecule has 1 aromatic heterocycles. The molecule has 0 aliphatic rings. The fourth-order valence-electron chi connectivity index (χ4n) is 2.17. The van der Waals surface area contributed by atoms with Crippen LogP contribution in [0, 0.1) is 6.92 Å². The Morgan fingerprint density at radius 3 is 2.67 bits per heavy atom. The van der Waals surface area contributed by atoms with Crippen molar-refractivity contribution >= 4 is 10.9 Å². The van der Waals surface area contributed by atoms with Gasteiger partial charge < -0.3 is 4.74 Å². The molecule has 90 valence electrons. The fourth-order valence-corrected chi connectivity index (χ4v) is 2.17. The van der Waals surface area contributed by atoms with Gasteiger partial charge in [0.05, 0.1) is 12.6 Å². The second kappa shape index (κ2) is 4.18. The van der Waals surface area contributed by atoms with Gasteiger partial charge in [-0.05, 0) is 24.6 Å². The summed E-state index contributed by atoms with van der Waals surface area (Å²) in [5.74, 6) is 0.866. The predicted molar refractivity (Wildman–Crippen MR) is 72.4 cm³/mol. The highest BCUT2D eigenvalue weighted by molar-refractivity contribution is 5.78. The topological polar surface area (TPSA) is 27.1 Å². The zero-order valence-electron chi connectivity index (χ0n) is 10.4. The van der Waals surface area contributed by atoms with Crippen molar-refractivity contribution in [3.8, 4) is 11.4 Å². The van der Waals surface area contributed by atoms with Gasteiger partial charge in [-0.15, -0.1) is 0 Å². The highest BCUT2D eigenvalue weighted by atomic mass is 16.5. The summed E-state index contributed by atoms with van der Waals surface area (Å²) in [4.78, 5) is 0. The first-order valence-electron chi connectivity index (χ1n) is 5.88. The Hall–Kier alpha value is -2.29. The van der Waals surface area contributed by atoms with Gasteiger partial charge in [0.25, 0.3) is 0 Å². The minimum Gasteiger partial charge on any atom is -0.494 e. The maximum absolute atomic E-state index is 5.47. The molecule has 3 rings (SSSR count). The number of rotatable bonds is 2. The van der Waals surface area contributed by atoms with Gasteiger partial charge in [0.15, 0.2) is 0 Å². The van der Waals surface area contributed by atoms with Crippen LogP contribution in [-0.2, 0) is 0 Å². The molecular weight excluding hydrogens is 224 g/mol. The van der Waals surface area contributed by atoms with Crippen molar-refractivity contribution in [1.29, 1.82) is 0 Å². The van der Waals surface area contributed by atoms with Gasteiger partial charge in [-0.25, -0.2) is 4.68 Å². The molecule has 18 heavy (non-hydrogen) atoms. The lowest BCUT2D eigenvalue weighted by molar-refractivity contribution is 0.408. The maximum atomic E-state index is 5.47. The van der Waals surface area contributed by atoms with Crippen molar-refractivity contribution in [2.75, 3.05) is 7.11 Å². The van der Waals surface area contributed by atoms with E-state index in [4.69, 9.17) is 4.74 Å². The SMILES string of the molecule is COc1c(C)cccc1-n1cc2ccccc2n1. The molecule has 0 fully saturated rings. The van der Waals surface area contributed by atoms with E-state index in [0.717, 1.165) is 27.9 Å². The molecular formula is C15H14N2O. The van der Waals surface area contributed by atoms with Gasteiger partial charge in [0.1, 0.15) is 11.4 Å². The molecule has 1 heterocycles. The summed E-state index contributed by atoms with van der Waals surface area (Å²) in [5.41, 5.74) is 3.06. The molecule has 0 aliphatic heterocycles. The molecule has 0 amide bonds. The number of aryl methyl sites for hydroxylation is 1. The average Bonchev–Trinajstić information content (AvgIpc) is 2.82. The van der Waals surface area contributed by atoms with Gasteiger partial charge in [-0.3, -0.25) is 0 Å². The number of benzene rings is 2. The van der Waals surface area contributed by atoms with Gasteiger partial charge in [0, 0.05) is 11.6 Å². The molecule has 0 unspecified atom stereocenters. The highest BCUT2D eigenvalue weighted by Gasteiger charge is 2.09. The summed E-state index contributed by atoms with van der Waals surface area (Å²) in [7, 11) is 1.69. The Labute approximate surface area is 106 Å². The third-order valence-corrected chi connectivity index (χ3v) is 3.06. The van der Waals surface area contributed by atoms with Crippen molar-refractivity contribution in [3.63, 3.8) is 0 Å². The monoisotopic (exact) mass is 238 g/mol. The van der Waals surface area contributed by atoms with E-state index in [1.807, 2.05) is 54.2 Å². The molecule has 3 aromatic rings. The molecule has 0 bridgehead atoms. The Kier molecular flexibility index (Phi) is 2.52. The lowest BCUT2D eigenvalue weighted by Crippen LogP contribution is -1.99. The quantitative estimate of drug-likeness (QED) is 0.684. The van der Waals surface area contributed by atoms with Crippen LogP contribution in [0.15, 0.2) is 48.7 Å². The molecule has 0 aliphatic carbocycles. The second-order valence-corrected chi connectivity index (χ2v) is 4.26. The van der Waals surface area contributed by atoms with E-state index in [1.54, 1.807) is 7.11 Å². The van der Waals surface area contributed by atoms with Crippen molar-refractivity contribution in [2.24, 2.45) is 0 Å². The van der Waals surface area contributed by atoms with Crippen LogP contribution in [0.3, 0.4) is 0 Å². The minimum atomic E-state index is 0.866. The van der Waals surface area contributed by atoms with Crippen LogP contribution in [0.2, 0.25) is 0 Å². The van der Waals surface area contributed by atoms with E-state index in [0.29, 0.717) is 0 Å². The second-order valence-electron chi connectivity index (χ2n) is 4.26. The summed E-state index contributed by atoms with van der Waals surface area (Å²) < 4.78 is 7.34. The number of nitrogens with zero attached hydrogens (tertiary/aromatic N) is 2. The number of hydrogen-bond acceptors (Lipinski definition) is 2. The summed E-state index contributed by atoms with van der Waals surface area (Å²) in [6.07, 6.45) is 2.02. The lowest BCUT2D eigenvalue weighted by Gasteiger charge is -2.10. The van der Waals surface area contributed by atoms with Crippen molar-refractivity contribution in [2.45, 2.75) is 6.92 Å². The normalized spacial score (nSPS) is 10.8. The number of ether oxygens (including phenoxy) is 1. The molecule has 0 spiro atoms. The standard InChI is InChI=1S/C15H14N2O/c1-11-6-5-9-14(15(11)18-2)17-10-12-7-3-4-8-13(12)16-17/h3-10H,1-2H3. The summed E-state index contributed by atoms with van der Waals surface area (Å²) in [5, 5.41) is 5.70. The number of fused-ring (bicyclic) bond motifs is 1. The summed E-state index contributed by atoms with van der Waals surface area (Å²) in [6.45, 7) is 2.03. The fraction of sp³-hybridized carbons (Fsp3) is 0.133. The van der Waals surface area contributed by atoms with Crippen LogP contribution in [0.4, 0.5) is 0 Å². The zero-order chi connectivity index (χ0) is 12.5. The van der Waals surface area contributed by atoms with Crippen molar-refractivity contribution in [3.05, 3.63) is 54.2 Å². The molecule has 2 aromatic carbocycles. The molecule has 0 radical (unpaired) electrons. The van der Waals surface area contributed by atoms with Crippen molar-refractivity contribution < 1.29 is 4.74 Å².